The van der Waals surface area contributed by atoms with E-state index in [2.05, 4.69) is 10.3 Å². The molecule has 0 aliphatic carbocycles. The minimum atomic E-state index is -0.0720. The van der Waals surface area contributed by atoms with Crippen molar-refractivity contribution >= 4 is 17.2 Å². The number of rotatable bonds is 4. The van der Waals surface area contributed by atoms with E-state index < -0.39 is 0 Å². The van der Waals surface area contributed by atoms with Gasteiger partial charge in [-0.15, -0.1) is 11.3 Å². The maximum atomic E-state index is 10.9. The third kappa shape index (κ3) is 2.91. The molecule has 106 valence electrons. The van der Waals surface area contributed by atoms with Gasteiger partial charge in [0.05, 0.1) is 6.54 Å². The molecule has 0 bridgehead atoms. The zero-order valence-electron chi connectivity index (χ0n) is 11.2. The Morgan fingerprint density at radius 1 is 1.55 bits per heavy atom. The summed E-state index contributed by atoms with van der Waals surface area (Å²) in [6, 6.07) is 3.74. The van der Waals surface area contributed by atoms with Crippen molar-refractivity contribution in [2.24, 2.45) is 0 Å². The Balaban J connectivity index is 1.71. The first-order valence-electron chi connectivity index (χ1n) is 6.63. The van der Waals surface area contributed by atoms with E-state index in [1.165, 1.54) is 6.92 Å². The highest BCUT2D eigenvalue weighted by Gasteiger charge is 2.21. The Bertz CT molecular complexity index is 599. The van der Waals surface area contributed by atoms with Gasteiger partial charge in [-0.2, -0.15) is 0 Å². The van der Waals surface area contributed by atoms with Crippen LogP contribution in [0.2, 0.25) is 0 Å². The van der Waals surface area contributed by atoms with Gasteiger partial charge in [0.1, 0.15) is 22.6 Å². The molecule has 6 heteroatoms. The van der Waals surface area contributed by atoms with Crippen molar-refractivity contribution < 1.29 is 13.9 Å². The van der Waals surface area contributed by atoms with Crippen LogP contribution < -0.4 is 5.32 Å². The summed E-state index contributed by atoms with van der Waals surface area (Å²) in [4.78, 5) is 15.5. The molecular weight excluding hydrogens is 276 g/mol. The van der Waals surface area contributed by atoms with Crippen LogP contribution in [0.1, 0.15) is 36.6 Å². The number of aromatic nitrogens is 1. The van der Waals surface area contributed by atoms with Gasteiger partial charge < -0.3 is 14.5 Å². The molecule has 3 heterocycles. The van der Waals surface area contributed by atoms with Gasteiger partial charge in [-0.1, -0.05) is 0 Å². The number of nitrogens with zero attached hydrogens (tertiary/aromatic N) is 1. The Morgan fingerprint density at radius 2 is 2.45 bits per heavy atom. The molecule has 0 spiro atoms. The van der Waals surface area contributed by atoms with Crippen molar-refractivity contribution in [1.29, 1.82) is 0 Å². The molecule has 3 rings (SSSR count). The van der Waals surface area contributed by atoms with Crippen LogP contribution >= 0.6 is 11.3 Å². The Morgan fingerprint density at radius 3 is 3.20 bits per heavy atom. The molecular formula is C14H16N2O3S. The zero-order chi connectivity index (χ0) is 13.9. The average Bonchev–Trinajstić information content (AvgIpc) is 3.15. The lowest BCUT2D eigenvalue weighted by Gasteiger charge is -2.03. The summed E-state index contributed by atoms with van der Waals surface area (Å²) in [5, 5.41) is 5.70. The molecule has 20 heavy (non-hydrogen) atoms. The molecule has 2 aromatic rings. The molecule has 1 aliphatic heterocycles. The molecule has 0 saturated carbocycles. The number of thiazole rings is 1. The topological polar surface area (TPSA) is 64.4 Å². The predicted octanol–water partition coefficient (Wildman–Crippen LogP) is 2.89. The number of amides is 1. The van der Waals surface area contributed by atoms with Crippen molar-refractivity contribution in [3.63, 3.8) is 0 Å². The van der Waals surface area contributed by atoms with Gasteiger partial charge in [-0.05, 0) is 25.0 Å². The summed E-state index contributed by atoms with van der Waals surface area (Å²) in [5.74, 6) is 1.38. The number of carbonyl (C=O) groups is 1. The highest BCUT2D eigenvalue weighted by molar-refractivity contribution is 7.10. The second-order valence-electron chi connectivity index (χ2n) is 4.75. The van der Waals surface area contributed by atoms with E-state index in [-0.39, 0.29) is 12.0 Å². The molecule has 0 unspecified atom stereocenters. The van der Waals surface area contributed by atoms with E-state index in [1.54, 1.807) is 11.3 Å². The van der Waals surface area contributed by atoms with Crippen LogP contribution in [0, 0.1) is 0 Å². The van der Waals surface area contributed by atoms with Crippen LogP contribution in [0.15, 0.2) is 21.9 Å². The summed E-state index contributed by atoms with van der Waals surface area (Å²) >= 11 is 1.60. The molecule has 1 N–H and O–H groups in total. The van der Waals surface area contributed by atoms with Crippen LogP contribution in [0.3, 0.4) is 0 Å². The van der Waals surface area contributed by atoms with Crippen molar-refractivity contribution in [3.8, 4) is 11.5 Å². The quantitative estimate of drug-likeness (QED) is 0.941. The average molecular weight is 292 g/mol. The molecule has 0 radical (unpaired) electrons. The minimum absolute atomic E-state index is 0.0720. The molecule has 1 amide bonds. The third-order valence-corrected chi connectivity index (χ3v) is 4.09. The minimum Gasteiger partial charge on any atom is -0.458 e. The normalized spacial score (nSPS) is 18.4. The third-order valence-electron chi connectivity index (χ3n) is 3.15. The molecule has 2 aromatic heterocycles. The Labute approximate surface area is 121 Å². The first kappa shape index (κ1) is 13.3. The second-order valence-corrected chi connectivity index (χ2v) is 5.64. The maximum absolute atomic E-state index is 10.9. The van der Waals surface area contributed by atoms with Crippen molar-refractivity contribution in [2.45, 2.75) is 32.4 Å². The summed E-state index contributed by atoms with van der Waals surface area (Å²) < 4.78 is 11.3. The van der Waals surface area contributed by atoms with Crippen LogP contribution in [-0.2, 0) is 16.1 Å². The highest BCUT2D eigenvalue weighted by atomic mass is 32.1. The summed E-state index contributed by atoms with van der Waals surface area (Å²) in [6.45, 7) is 2.71. The second kappa shape index (κ2) is 5.76. The molecule has 1 aliphatic rings. The van der Waals surface area contributed by atoms with Crippen LogP contribution in [-0.4, -0.2) is 17.5 Å². The van der Waals surface area contributed by atoms with Gasteiger partial charge in [0.15, 0.2) is 5.76 Å². The van der Waals surface area contributed by atoms with E-state index in [9.17, 15) is 4.79 Å². The van der Waals surface area contributed by atoms with Crippen molar-refractivity contribution in [2.75, 3.05) is 6.61 Å². The van der Waals surface area contributed by atoms with Crippen LogP contribution in [0.25, 0.3) is 11.5 Å². The number of furan rings is 1. The molecule has 5 nitrogen and oxygen atoms in total. The lowest BCUT2D eigenvalue weighted by Crippen LogP contribution is -2.18. The fourth-order valence-electron chi connectivity index (χ4n) is 2.14. The summed E-state index contributed by atoms with van der Waals surface area (Å²) in [5.41, 5.74) is 0.828. The Hall–Kier alpha value is -1.66. The zero-order valence-corrected chi connectivity index (χ0v) is 12.0. The fourth-order valence-corrected chi connectivity index (χ4v) is 3.03. The van der Waals surface area contributed by atoms with Gasteiger partial charge in [0, 0.05) is 18.9 Å². The van der Waals surface area contributed by atoms with E-state index in [4.69, 9.17) is 9.15 Å². The SMILES string of the molecule is CC(=O)NCc1ccc(-c2csc([C@H]3CCCO3)n2)o1. The fraction of sp³-hybridized carbons (Fsp3) is 0.429. The first-order chi connectivity index (χ1) is 9.72. The maximum Gasteiger partial charge on any atom is 0.217 e. The largest absolute Gasteiger partial charge is 0.458 e. The van der Waals surface area contributed by atoms with Gasteiger partial charge in [-0.25, -0.2) is 4.98 Å². The van der Waals surface area contributed by atoms with Crippen LogP contribution in [0.5, 0.6) is 0 Å². The Kier molecular flexibility index (Phi) is 3.84. The molecule has 1 fully saturated rings. The molecule has 1 atom stereocenters. The van der Waals surface area contributed by atoms with E-state index >= 15 is 0 Å². The van der Waals surface area contributed by atoms with Crippen molar-refractivity contribution in [3.05, 3.63) is 28.3 Å². The van der Waals surface area contributed by atoms with Gasteiger partial charge in [-0.3, -0.25) is 4.79 Å². The number of nitrogens with one attached hydrogen (secondary N) is 1. The number of carbonyl (C=O) groups excluding carboxylic acids is 1. The molecule has 0 aromatic carbocycles. The van der Waals surface area contributed by atoms with Crippen LogP contribution in [0.4, 0.5) is 0 Å². The van der Waals surface area contributed by atoms with Gasteiger partial charge >= 0.3 is 0 Å². The van der Waals surface area contributed by atoms with E-state index in [0.29, 0.717) is 6.54 Å². The van der Waals surface area contributed by atoms with Crippen molar-refractivity contribution in [1.82, 2.24) is 10.3 Å². The van der Waals surface area contributed by atoms with Gasteiger partial charge in [0.25, 0.3) is 0 Å². The number of hydrogen-bond donors (Lipinski definition) is 1. The lowest BCUT2D eigenvalue weighted by molar-refractivity contribution is -0.119. The number of ether oxygens (including phenoxy) is 1. The van der Waals surface area contributed by atoms with E-state index in [0.717, 1.165) is 41.7 Å². The smallest absolute Gasteiger partial charge is 0.217 e. The first-order valence-corrected chi connectivity index (χ1v) is 7.51. The lowest BCUT2D eigenvalue weighted by atomic mass is 10.2. The standard InChI is InChI=1S/C14H16N2O3S/c1-9(17)15-7-10-4-5-12(19-10)11-8-20-14(16-11)13-3-2-6-18-13/h4-5,8,13H,2-3,6-7H2,1H3,(H,15,17)/t13-/m1/s1. The van der Waals surface area contributed by atoms with E-state index in [1.807, 2.05) is 17.5 Å². The summed E-state index contributed by atoms with van der Waals surface area (Å²) in [7, 11) is 0. The summed E-state index contributed by atoms with van der Waals surface area (Å²) in [6.07, 6.45) is 2.28. The predicted molar refractivity (Wildman–Crippen MR) is 75.3 cm³/mol. The number of hydrogen-bond acceptors (Lipinski definition) is 5. The molecule has 1 saturated heterocycles. The van der Waals surface area contributed by atoms with Gasteiger partial charge in [0.2, 0.25) is 5.91 Å². The highest BCUT2D eigenvalue weighted by Crippen LogP contribution is 2.33. The monoisotopic (exact) mass is 292 g/mol.